The van der Waals surface area contributed by atoms with E-state index in [0.717, 1.165) is 10.1 Å². The lowest BCUT2D eigenvalue weighted by Gasteiger charge is -2.10. The van der Waals surface area contributed by atoms with Gasteiger partial charge in [0.05, 0.1) is 14.2 Å². The fourth-order valence-electron chi connectivity index (χ4n) is 4.80. The predicted molar refractivity (Wildman–Crippen MR) is 160 cm³/mol. The number of phenolic OH excluding ortho intramolecular Hbond substituents is 1. The van der Waals surface area contributed by atoms with Crippen molar-refractivity contribution in [3.63, 3.8) is 0 Å². The van der Waals surface area contributed by atoms with Gasteiger partial charge in [-0.05, 0) is 54.1 Å². The molecule has 0 saturated carbocycles. The van der Waals surface area contributed by atoms with E-state index in [9.17, 15) is 14.7 Å². The molecule has 4 heterocycles. The van der Waals surface area contributed by atoms with E-state index < -0.39 is 11.2 Å². The molecule has 6 aromatic rings. The van der Waals surface area contributed by atoms with Crippen molar-refractivity contribution in [3.05, 3.63) is 87.2 Å². The Morgan fingerprint density at radius 1 is 0.860 bits per heavy atom. The molecule has 1 N–H and O–H groups in total. The number of rotatable bonds is 7. The van der Waals surface area contributed by atoms with Gasteiger partial charge in [0.25, 0.3) is 5.56 Å². The molecule has 0 bridgehead atoms. The number of ether oxygens (including phenoxy) is 3. The molecule has 0 unspecified atom stereocenters. The van der Waals surface area contributed by atoms with Crippen LogP contribution >= 0.6 is 0 Å². The van der Waals surface area contributed by atoms with Gasteiger partial charge in [0.2, 0.25) is 0 Å². The molecule has 0 amide bonds. The topological polar surface area (TPSA) is 139 Å². The van der Waals surface area contributed by atoms with Crippen molar-refractivity contribution in [2.75, 3.05) is 14.2 Å². The number of imidazole rings is 2. The smallest absolute Gasteiger partial charge is 0.332 e. The molecule has 0 saturated heterocycles. The molecule has 0 aliphatic carbocycles. The third-order valence-corrected chi connectivity index (χ3v) is 7.12. The molecule has 218 valence electrons. The van der Waals surface area contributed by atoms with Crippen molar-refractivity contribution >= 4 is 28.8 Å². The number of aromatic nitrogens is 6. The number of nitrogens with zero attached hydrogens (tertiary/aromatic N) is 7. The lowest BCUT2D eigenvalue weighted by atomic mass is 10.1. The van der Waals surface area contributed by atoms with Crippen LogP contribution in [0.15, 0.2) is 75.4 Å². The zero-order chi connectivity index (χ0) is 30.4. The standard InChI is InChI=1S/C30H27N7O6/c1-34-25-27(35(2)30(40)36(3)28(25)39)33-29(34)43-20-12-9-17(14-22(20)42-5)16-31-26-24(32-23-8-6-7-13-37(23)26)18-10-11-19(38)21(15-18)41-4/h6-16,38H,1-5H3/b31-16+. The summed E-state index contributed by atoms with van der Waals surface area (Å²) in [7, 11) is 7.60. The molecule has 0 spiro atoms. The first-order valence-electron chi connectivity index (χ1n) is 13.1. The second-order valence-electron chi connectivity index (χ2n) is 9.70. The van der Waals surface area contributed by atoms with Crippen LogP contribution in [0.25, 0.3) is 28.1 Å². The van der Waals surface area contributed by atoms with Gasteiger partial charge >= 0.3 is 11.7 Å². The second-order valence-corrected chi connectivity index (χ2v) is 9.70. The fourth-order valence-corrected chi connectivity index (χ4v) is 4.80. The predicted octanol–water partition coefficient (Wildman–Crippen LogP) is 3.55. The average molecular weight is 582 g/mol. The lowest BCUT2D eigenvalue weighted by molar-refractivity contribution is 0.363. The zero-order valence-corrected chi connectivity index (χ0v) is 24.0. The monoisotopic (exact) mass is 581 g/mol. The summed E-state index contributed by atoms with van der Waals surface area (Å²) in [4.78, 5) is 39.0. The van der Waals surface area contributed by atoms with Gasteiger partial charge in [-0.25, -0.2) is 14.8 Å². The molecular weight excluding hydrogens is 554 g/mol. The zero-order valence-electron chi connectivity index (χ0n) is 24.0. The van der Waals surface area contributed by atoms with E-state index in [-0.39, 0.29) is 22.9 Å². The lowest BCUT2D eigenvalue weighted by Crippen LogP contribution is -2.37. The Morgan fingerprint density at radius 3 is 2.42 bits per heavy atom. The summed E-state index contributed by atoms with van der Waals surface area (Å²) in [5.41, 5.74) is 2.23. The Hall–Kier alpha value is -5.85. The highest BCUT2D eigenvalue weighted by Crippen LogP contribution is 2.37. The molecule has 43 heavy (non-hydrogen) atoms. The molecule has 0 fully saturated rings. The second kappa shape index (κ2) is 10.5. The van der Waals surface area contributed by atoms with Gasteiger partial charge in [0.15, 0.2) is 40.0 Å². The number of aromatic hydroxyl groups is 1. The molecule has 2 aromatic carbocycles. The SMILES string of the molecule is COc1cc(-c2nc3ccccn3c2/N=C/c2ccc(Oc3nc4c(c(=O)n(C)c(=O)n4C)n3C)c(OC)c2)ccc1O. The van der Waals surface area contributed by atoms with E-state index in [0.29, 0.717) is 40.0 Å². The summed E-state index contributed by atoms with van der Waals surface area (Å²) in [6.07, 6.45) is 3.55. The highest BCUT2D eigenvalue weighted by molar-refractivity contribution is 5.86. The van der Waals surface area contributed by atoms with Gasteiger partial charge in [0, 0.05) is 39.1 Å². The Morgan fingerprint density at radius 2 is 1.65 bits per heavy atom. The minimum Gasteiger partial charge on any atom is -0.504 e. The highest BCUT2D eigenvalue weighted by Gasteiger charge is 2.20. The van der Waals surface area contributed by atoms with Crippen molar-refractivity contribution in [2.24, 2.45) is 26.1 Å². The number of aliphatic imine (C=N–C) groups is 1. The van der Waals surface area contributed by atoms with Crippen molar-refractivity contribution in [3.8, 4) is 40.3 Å². The molecule has 0 aliphatic rings. The number of phenols is 1. The Kier molecular flexibility index (Phi) is 6.69. The summed E-state index contributed by atoms with van der Waals surface area (Å²) in [6.45, 7) is 0. The van der Waals surface area contributed by atoms with E-state index in [1.54, 1.807) is 56.7 Å². The highest BCUT2D eigenvalue weighted by atomic mass is 16.5. The third-order valence-electron chi connectivity index (χ3n) is 7.12. The number of fused-ring (bicyclic) bond motifs is 2. The summed E-state index contributed by atoms with van der Waals surface area (Å²) >= 11 is 0. The van der Waals surface area contributed by atoms with Gasteiger partial charge in [-0.3, -0.25) is 22.9 Å². The van der Waals surface area contributed by atoms with Crippen molar-refractivity contribution in [1.82, 2.24) is 28.1 Å². The van der Waals surface area contributed by atoms with Gasteiger partial charge in [-0.2, -0.15) is 4.98 Å². The van der Waals surface area contributed by atoms with Gasteiger partial charge in [0.1, 0.15) is 11.3 Å². The summed E-state index contributed by atoms with van der Waals surface area (Å²) in [5, 5.41) is 10.1. The quantitative estimate of drug-likeness (QED) is 0.283. The van der Waals surface area contributed by atoms with Crippen LogP contribution in [0.3, 0.4) is 0 Å². The summed E-state index contributed by atoms with van der Waals surface area (Å²) in [6, 6.07) is 16.0. The van der Waals surface area contributed by atoms with Crippen LogP contribution in [0.5, 0.6) is 29.0 Å². The molecule has 13 heteroatoms. The molecule has 0 aliphatic heterocycles. The van der Waals surface area contributed by atoms with Gasteiger partial charge in [-0.1, -0.05) is 6.07 Å². The van der Waals surface area contributed by atoms with Crippen molar-refractivity contribution in [1.29, 1.82) is 0 Å². The van der Waals surface area contributed by atoms with Crippen molar-refractivity contribution < 1.29 is 19.3 Å². The number of aryl methyl sites for hydroxylation is 2. The van der Waals surface area contributed by atoms with Crippen LogP contribution in [0, 0.1) is 0 Å². The van der Waals surface area contributed by atoms with Gasteiger partial charge in [-0.15, -0.1) is 0 Å². The van der Waals surface area contributed by atoms with Crippen molar-refractivity contribution in [2.45, 2.75) is 0 Å². The molecule has 4 aromatic heterocycles. The van der Waals surface area contributed by atoms with E-state index in [1.165, 1.54) is 30.4 Å². The normalized spacial score (nSPS) is 11.6. The number of hydrogen-bond donors (Lipinski definition) is 1. The van der Waals surface area contributed by atoms with Gasteiger partial charge < -0.3 is 19.3 Å². The van der Waals surface area contributed by atoms with E-state index in [4.69, 9.17) is 24.2 Å². The Bertz CT molecular complexity index is 2190. The van der Waals surface area contributed by atoms with E-state index in [1.807, 2.05) is 28.8 Å². The molecule has 0 radical (unpaired) electrons. The van der Waals surface area contributed by atoms with Crippen LogP contribution in [0.1, 0.15) is 5.56 Å². The maximum atomic E-state index is 12.7. The third kappa shape index (κ3) is 4.56. The maximum absolute atomic E-state index is 12.7. The van der Waals surface area contributed by atoms with Crippen LogP contribution in [0.2, 0.25) is 0 Å². The number of benzene rings is 2. The molecule has 6 rings (SSSR count). The first-order valence-corrected chi connectivity index (χ1v) is 13.1. The molecule has 0 atom stereocenters. The van der Waals surface area contributed by atoms with Crippen LogP contribution in [-0.4, -0.2) is 53.6 Å². The number of methoxy groups -OCH3 is 2. The molecule has 13 nitrogen and oxygen atoms in total. The minimum absolute atomic E-state index is 0.0274. The first-order chi connectivity index (χ1) is 20.7. The van der Waals surface area contributed by atoms with Crippen LogP contribution in [-0.2, 0) is 21.1 Å². The van der Waals surface area contributed by atoms with E-state index in [2.05, 4.69) is 4.98 Å². The largest absolute Gasteiger partial charge is 0.504 e. The number of hydrogen-bond acceptors (Lipinski definition) is 9. The summed E-state index contributed by atoms with van der Waals surface area (Å²) < 4.78 is 22.6. The van der Waals surface area contributed by atoms with E-state index >= 15 is 0 Å². The minimum atomic E-state index is -0.484. The number of pyridine rings is 1. The average Bonchev–Trinajstić information content (AvgIpc) is 3.56. The Labute approximate surface area is 244 Å². The Balaban J connectivity index is 1.37. The first kappa shape index (κ1) is 27.3. The van der Waals surface area contributed by atoms with Crippen LogP contribution < -0.4 is 25.5 Å². The van der Waals surface area contributed by atoms with Crippen LogP contribution in [0.4, 0.5) is 5.82 Å². The summed E-state index contributed by atoms with van der Waals surface area (Å²) in [5.74, 6) is 1.69. The maximum Gasteiger partial charge on any atom is 0.332 e. The molecular formula is C30H27N7O6. The fraction of sp³-hybridized carbons (Fsp3) is 0.167.